The van der Waals surface area contributed by atoms with Crippen molar-refractivity contribution in [2.24, 2.45) is 0 Å². The number of nitro benzene ring substituents is 1. The van der Waals surface area contributed by atoms with E-state index in [-0.39, 0.29) is 23.8 Å². The molecule has 7 heteroatoms. The van der Waals surface area contributed by atoms with Gasteiger partial charge in [0.2, 0.25) is 5.91 Å². The molecule has 1 amide bonds. The summed E-state index contributed by atoms with van der Waals surface area (Å²) in [6, 6.07) is 13.8. The topological polar surface area (TPSA) is 98.5 Å². The summed E-state index contributed by atoms with van der Waals surface area (Å²) in [5, 5.41) is 13.3. The van der Waals surface area contributed by atoms with Crippen molar-refractivity contribution in [3.63, 3.8) is 0 Å². The van der Waals surface area contributed by atoms with E-state index in [1.165, 1.54) is 31.2 Å². The largest absolute Gasteiger partial charge is 0.426 e. The Bertz CT molecular complexity index is 728. The molecule has 0 bridgehead atoms. The maximum Gasteiger partial charge on any atom is 0.313 e. The van der Waals surface area contributed by atoms with Crippen molar-refractivity contribution < 1.29 is 19.2 Å². The van der Waals surface area contributed by atoms with Gasteiger partial charge in [0.15, 0.2) is 0 Å². The molecule has 0 aliphatic heterocycles. The van der Waals surface area contributed by atoms with Crippen LogP contribution in [0.15, 0.2) is 54.6 Å². The van der Waals surface area contributed by atoms with E-state index in [0.29, 0.717) is 0 Å². The number of amides is 1. The third kappa shape index (κ3) is 4.91. The average Bonchev–Trinajstić information content (AvgIpc) is 2.55. The Morgan fingerprint density at radius 2 is 1.75 bits per heavy atom. The lowest BCUT2D eigenvalue weighted by molar-refractivity contribution is -0.384. The highest BCUT2D eigenvalue weighted by atomic mass is 16.6. The number of hydrogen-bond donors (Lipinski definition) is 1. The zero-order chi connectivity index (χ0) is 17.5. The predicted molar refractivity (Wildman–Crippen MR) is 86.3 cm³/mol. The van der Waals surface area contributed by atoms with E-state index in [0.717, 1.165) is 5.56 Å². The Balaban J connectivity index is 2.04. The number of carbonyl (C=O) groups excluding carboxylic acids is 2. The first-order valence-corrected chi connectivity index (χ1v) is 7.23. The van der Waals surface area contributed by atoms with Gasteiger partial charge in [0.25, 0.3) is 5.69 Å². The zero-order valence-electron chi connectivity index (χ0n) is 13.0. The molecule has 1 atom stereocenters. The monoisotopic (exact) mass is 328 g/mol. The standard InChI is InChI=1S/C17H16N2O5/c1-12(20)18-16(13-5-3-2-4-6-13)11-17(21)24-15-9-7-14(8-10-15)19(22)23/h2-10,16H,11H2,1H3,(H,18,20)/t16-/m0/s1. The van der Waals surface area contributed by atoms with Crippen LogP contribution in [0.5, 0.6) is 5.75 Å². The fourth-order valence-corrected chi connectivity index (χ4v) is 2.16. The van der Waals surface area contributed by atoms with Crippen molar-refractivity contribution in [2.75, 3.05) is 0 Å². The molecule has 7 nitrogen and oxygen atoms in total. The molecule has 2 aromatic carbocycles. The molecule has 0 spiro atoms. The van der Waals surface area contributed by atoms with Crippen LogP contribution in [0.3, 0.4) is 0 Å². The van der Waals surface area contributed by atoms with Crippen molar-refractivity contribution in [1.82, 2.24) is 5.32 Å². The van der Waals surface area contributed by atoms with Gasteiger partial charge in [0, 0.05) is 19.1 Å². The molecule has 2 rings (SSSR count). The summed E-state index contributed by atoms with van der Waals surface area (Å²) >= 11 is 0. The lowest BCUT2D eigenvalue weighted by Crippen LogP contribution is -2.29. The summed E-state index contributed by atoms with van der Waals surface area (Å²) in [4.78, 5) is 33.5. The van der Waals surface area contributed by atoms with Crippen molar-refractivity contribution in [3.05, 3.63) is 70.3 Å². The van der Waals surface area contributed by atoms with Crippen LogP contribution in [-0.2, 0) is 9.59 Å². The van der Waals surface area contributed by atoms with Gasteiger partial charge in [-0.15, -0.1) is 0 Å². The Morgan fingerprint density at radius 3 is 2.29 bits per heavy atom. The molecule has 0 fully saturated rings. The van der Waals surface area contributed by atoms with Crippen molar-refractivity contribution in [2.45, 2.75) is 19.4 Å². The highest BCUT2D eigenvalue weighted by Crippen LogP contribution is 2.21. The van der Waals surface area contributed by atoms with Crippen LogP contribution in [0.2, 0.25) is 0 Å². The minimum Gasteiger partial charge on any atom is -0.426 e. The number of esters is 1. The highest BCUT2D eigenvalue weighted by Gasteiger charge is 2.18. The predicted octanol–water partition coefficient (Wildman–Crippen LogP) is 2.77. The van der Waals surface area contributed by atoms with Gasteiger partial charge in [-0.25, -0.2) is 0 Å². The molecular weight excluding hydrogens is 312 g/mol. The fraction of sp³-hybridized carbons (Fsp3) is 0.176. The Morgan fingerprint density at radius 1 is 1.12 bits per heavy atom. The van der Waals surface area contributed by atoms with Gasteiger partial charge < -0.3 is 10.1 Å². The van der Waals surface area contributed by atoms with Gasteiger partial charge in [0.1, 0.15) is 5.75 Å². The van der Waals surface area contributed by atoms with E-state index < -0.39 is 16.9 Å². The normalized spacial score (nSPS) is 11.4. The molecule has 124 valence electrons. The van der Waals surface area contributed by atoms with Crippen LogP contribution in [0.1, 0.15) is 24.9 Å². The highest BCUT2D eigenvalue weighted by molar-refractivity contribution is 5.77. The van der Waals surface area contributed by atoms with Crippen molar-refractivity contribution in [1.29, 1.82) is 0 Å². The number of ether oxygens (including phenoxy) is 1. The third-order valence-electron chi connectivity index (χ3n) is 3.23. The summed E-state index contributed by atoms with van der Waals surface area (Å²) in [6.07, 6.45) is -0.0550. The number of nitrogens with one attached hydrogen (secondary N) is 1. The number of rotatable bonds is 6. The lowest BCUT2D eigenvalue weighted by atomic mass is 10.0. The van der Waals surface area contributed by atoms with E-state index in [2.05, 4.69) is 5.32 Å². The smallest absolute Gasteiger partial charge is 0.313 e. The molecule has 0 heterocycles. The first kappa shape index (κ1) is 17.1. The summed E-state index contributed by atoms with van der Waals surface area (Å²) < 4.78 is 5.17. The molecule has 0 radical (unpaired) electrons. The van der Waals surface area contributed by atoms with Crippen LogP contribution in [0.4, 0.5) is 5.69 Å². The van der Waals surface area contributed by atoms with E-state index in [9.17, 15) is 19.7 Å². The Labute approximate surface area is 138 Å². The number of nitrogens with zero attached hydrogens (tertiary/aromatic N) is 1. The molecular formula is C17H16N2O5. The van der Waals surface area contributed by atoms with Gasteiger partial charge in [-0.2, -0.15) is 0 Å². The Kier molecular flexibility index (Phi) is 5.62. The van der Waals surface area contributed by atoms with Crippen LogP contribution < -0.4 is 10.1 Å². The summed E-state index contributed by atoms with van der Waals surface area (Å²) in [6.45, 7) is 1.37. The minimum absolute atomic E-state index is 0.0550. The van der Waals surface area contributed by atoms with E-state index in [4.69, 9.17) is 4.74 Å². The number of carbonyl (C=O) groups is 2. The summed E-state index contributed by atoms with van der Waals surface area (Å²) in [7, 11) is 0. The second kappa shape index (κ2) is 7.87. The maximum absolute atomic E-state index is 12.1. The minimum atomic E-state index is -0.550. The summed E-state index contributed by atoms with van der Waals surface area (Å²) in [5.74, 6) is -0.598. The van der Waals surface area contributed by atoms with Crippen LogP contribution >= 0.6 is 0 Å². The van der Waals surface area contributed by atoms with E-state index >= 15 is 0 Å². The second-order valence-electron chi connectivity index (χ2n) is 5.09. The molecule has 0 aliphatic carbocycles. The lowest BCUT2D eigenvalue weighted by Gasteiger charge is -2.17. The van der Waals surface area contributed by atoms with Crippen LogP contribution in [0.25, 0.3) is 0 Å². The average molecular weight is 328 g/mol. The van der Waals surface area contributed by atoms with Gasteiger partial charge in [-0.05, 0) is 17.7 Å². The van der Waals surface area contributed by atoms with Gasteiger partial charge in [0.05, 0.1) is 17.4 Å². The molecule has 2 aromatic rings. The molecule has 1 N–H and O–H groups in total. The molecule has 0 aromatic heterocycles. The van der Waals surface area contributed by atoms with Crippen molar-refractivity contribution in [3.8, 4) is 5.75 Å². The number of non-ortho nitro benzene ring substituents is 1. The SMILES string of the molecule is CC(=O)N[C@@H](CC(=O)Oc1ccc([N+](=O)[O-])cc1)c1ccccc1. The fourth-order valence-electron chi connectivity index (χ4n) is 2.16. The Hall–Kier alpha value is -3.22. The van der Waals surface area contributed by atoms with Gasteiger partial charge in [-0.1, -0.05) is 30.3 Å². The molecule has 0 saturated heterocycles. The molecule has 0 saturated carbocycles. The molecule has 0 aliphatic rings. The number of benzene rings is 2. The first-order valence-electron chi connectivity index (χ1n) is 7.23. The third-order valence-corrected chi connectivity index (χ3v) is 3.23. The molecule has 0 unspecified atom stereocenters. The van der Waals surface area contributed by atoms with E-state index in [1.54, 1.807) is 12.1 Å². The quantitative estimate of drug-likeness (QED) is 0.380. The second-order valence-corrected chi connectivity index (χ2v) is 5.09. The maximum atomic E-state index is 12.1. The zero-order valence-corrected chi connectivity index (χ0v) is 13.0. The summed E-state index contributed by atoms with van der Waals surface area (Å²) in [5.41, 5.74) is 0.698. The van der Waals surface area contributed by atoms with Crippen molar-refractivity contribution >= 4 is 17.6 Å². The first-order chi connectivity index (χ1) is 11.5. The number of nitro groups is 1. The van der Waals surface area contributed by atoms with Gasteiger partial charge >= 0.3 is 5.97 Å². The van der Waals surface area contributed by atoms with Crippen LogP contribution in [0, 0.1) is 10.1 Å². The number of hydrogen-bond acceptors (Lipinski definition) is 5. The van der Waals surface area contributed by atoms with E-state index in [1.807, 2.05) is 18.2 Å². The van der Waals surface area contributed by atoms with Crippen LogP contribution in [-0.4, -0.2) is 16.8 Å². The molecule has 24 heavy (non-hydrogen) atoms. The van der Waals surface area contributed by atoms with Gasteiger partial charge in [-0.3, -0.25) is 19.7 Å².